The van der Waals surface area contributed by atoms with Gasteiger partial charge in [0.05, 0.1) is 10.6 Å². The summed E-state index contributed by atoms with van der Waals surface area (Å²) in [6.45, 7) is 9.27. The molecule has 0 radical (unpaired) electrons. The van der Waals surface area contributed by atoms with Crippen molar-refractivity contribution in [3.05, 3.63) is 93.5 Å². The summed E-state index contributed by atoms with van der Waals surface area (Å²) >= 11 is 3.45. The Morgan fingerprint density at radius 2 is 1.63 bits per heavy atom. The van der Waals surface area contributed by atoms with Crippen LogP contribution in [0, 0.1) is 20.8 Å². The molecule has 7 nitrogen and oxygen atoms in total. The van der Waals surface area contributed by atoms with Crippen LogP contribution in [0.15, 0.2) is 76.1 Å². The topological polar surface area (TPSA) is 86.8 Å². The molecule has 1 atom stereocenters. The molecule has 0 fully saturated rings. The molecule has 2 amide bonds. The van der Waals surface area contributed by atoms with Gasteiger partial charge in [-0.15, -0.1) is 0 Å². The zero-order valence-corrected chi connectivity index (χ0v) is 24.8. The Balaban J connectivity index is 2.06. The number of likely N-dealkylation sites (N-methyl/N-ethyl adjacent to an activating group) is 1. The van der Waals surface area contributed by atoms with E-state index in [0.717, 1.165) is 31.0 Å². The Morgan fingerprint density at radius 3 is 2.24 bits per heavy atom. The van der Waals surface area contributed by atoms with Crippen LogP contribution in [-0.2, 0) is 26.2 Å². The number of anilines is 1. The fourth-order valence-electron chi connectivity index (χ4n) is 3.98. The van der Waals surface area contributed by atoms with Crippen molar-refractivity contribution in [2.75, 3.05) is 17.4 Å². The van der Waals surface area contributed by atoms with E-state index in [0.29, 0.717) is 12.2 Å². The van der Waals surface area contributed by atoms with Gasteiger partial charge >= 0.3 is 0 Å². The van der Waals surface area contributed by atoms with E-state index < -0.39 is 28.5 Å². The molecule has 0 aliphatic carbocycles. The number of hydrogen-bond acceptors (Lipinski definition) is 4. The standard InChI is InChI=1S/C29H34BrN3O4S/c1-6-31-29(35)23(5)32(18-24-8-7-9-25(30)17-24)28(34)19-33(26-13-12-21(3)22(4)16-26)38(36,37)27-14-10-20(2)11-15-27/h7-17,23H,6,18-19H2,1-5H3,(H,31,35)/t23-/m0/s1. The zero-order chi connectivity index (χ0) is 28.0. The normalized spacial score (nSPS) is 12.1. The maximum absolute atomic E-state index is 13.9. The minimum absolute atomic E-state index is 0.0874. The molecule has 3 rings (SSSR count). The maximum Gasteiger partial charge on any atom is 0.264 e. The third kappa shape index (κ3) is 7.02. The van der Waals surface area contributed by atoms with Gasteiger partial charge in [0.2, 0.25) is 11.8 Å². The summed E-state index contributed by atoms with van der Waals surface area (Å²) in [6.07, 6.45) is 0. The number of nitrogens with one attached hydrogen (secondary N) is 1. The molecule has 3 aromatic rings. The van der Waals surface area contributed by atoms with Gasteiger partial charge in [0.1, 0.15) is 12.6 Å². The zero-order valence-electron chi connectivity index (χ0n) is 22.4. The summed E-state index contributed by atoms with van der Waals surface area (Å²) < 4.78 is 29.7. The van der Waals surface area contributed by atoms with E-state index in [4.69, 9.17) is 0 Å². The van der Waals surface area contributed by atoms with E-state index in [1.54, 1.807) is 50.2 Å². The molecule has 3 aromatic carbocycles. The number of nitrogens with zero attached hydrogens (tertiary/aromatic N) is 2. The van der Waals surface area contributed by atoms with Crippen molar-refractivity contribution in [2.24, 2.45) is 0 Å². The lowest BCUT2D eigenvalue weighted by Gasteiger charge is -2.32. The number of hydrogen-bond donors (Lipinski definition) is 1. The van der Waals surface area contributed by atoms with Gasteiger partial charge in [0, 0.05) is 17.6 Å². The van der Waals surface area contributed by atoms with Crippen LogP contribution in [0.2, 0.25) is 0 Å². The summed E-state index contributed by atoms with van der Waals surface area (Å²) in [7, 11) is -4.09. The number of benzene rings is 3. The lowest BCUT2D eigenvalue weighted by atomic mass is 10.1. The van der Waals surface area contributed by atoms with E-state index in [-0.39, 0.29) is 17.3 Å². The van der Waals surface area contributed by atoms with Gasteiger partial charge in [-0.05, 0) is 87.7 Å². The number of sulfonamides is 1. The molecule has 0 spiro atoms. The molecule has 0 aliphatic rings. The van der Waals surface area contributed by atoms with Crippen LogP contribution in [0.5, 0.6) is 0 Å². The van der Waals surface area contributed by atoms with E-state index in [2.05, 4.69) is 21.2 Å². The maximum atomic E-state index is 13.9. The van der Waals surface area contributed by atoms with Gasteiger partial charge in [0.25, 0.3) is 10.0 Å². The summed E-state index contributed by atoms with van der Waals surface area (Å²) in [5, 5.41) is 2.76. The Hall–Kier alpha value is -3.17. The van der Waals surface area contributed by atoms with Crippen LogP contribution in [0.25, 0.3) is 0 Å². The Bertz CT molecular complexity index is 1410. The largest absolute Gasteiger partial charge is 0.355 e. The molecule has 0 unspecified atom stereocenters. The van der Waals surface area contributed by atoms with Crippen molar-refractivity contribution in [3.63, 3.8) is 0 Å². The predicted molar refractivity (Wildman–Crippen MR) is 154 cm³/mol. The van der Waals surface area contributed by atoms with Gasteiger partial charge in [0.15, 0.2) is 0 Å². The number of carbonyl (C=O) groups excluding carboxylic acids is 2. The highest BCUT2D eigenvalue weighted by atomic mass is 79.9. The van der Waals surface area contributed by atoms with Crippen molar-refractivity contribution in [2.45, 2.75) is 52.1 Å². The molecule has 1 N–H and O–H groups in total. The lowest BCUT2D eigenvalue weighted by Crippen LogP contribution is -2.51. The molecular weight excluding hydrogens is 566 g/mol. The van der Waals surface area contributed by atoms with Crippen molar-refractivity contribution < 1.29 is 18.0 Å². The summed E-state index contributed by atoms with van der Waals surface area (Å²) in [6, 6.07) is 18.5. The first kappa shape index (κ1) is 29.4. The first-order valence-corrected chi connectivity index (χ1v) is 14.7. The molecule has 0 heterocycles. The molecule has 202 valence electrons. The Morgan fingerprint density at radius 1 is 0.947 bits per heavy atom. The second-order valence-electron chi connectivity index (χ2n) is 9.32. The minimum Gasteiger partial charge on any atom is -0.355 e. The van der Waals surface area contributed by atoms with Gasteiger partial charge in [-0.3, -0.25) is 13.9 Å². The summed E-state index contributed by atoms with van der Waals surface area (Å²) in [5.74, 6) is -0.799. The average Bonchev–Trinajstić information content (AvgIpc) is 2.87. The van der Waals surface area contributed by atoms with Crippen molar-refractivity contribution in [1.29, 1.82) is 0 Å². The van der Waals surface area contributed by atoms with Crippen LogP contribution in [0.3, 0.4) is 0 Å². The second kappa shape index (κ2) is 12.6. The van der Waals surface area contributed by atoms with Crippen LogP contribution in [0.4, 0.5) is 5.69 Å². The predicted octanol–water partition coefficient (Wildman–Crippen LogP) is 5.12. The number of aryl methyl sites for hydroxylation is 3. The van der Waals surface area contributed by atoms with Crippen LogP contribution >= 0.6 is 15.9 Å². The van der Waals surface area contributed by atoms with Crippen LogP contribution in [0.1, 0.15) is 36.1 Å². The average molecular weight is 601 g/mol. The van der Waals surface area contributed by atoms with Gasteiger partial charge < -0.3 is 10.2 Å². The molecule has 0 bridgehead atoms. The second-order valence-corrected chi connectivity index (χ2v) is 12.1. The molecule has 0 saturated heterocycles. The molecular formula is C29H34BrN3O4S. The summed E-state index contributed by atoms with van der Waals surface area (Å²) in [5.41, 5.74) is 4.03. The van der Waals surface area contributed by atoms with E-state index in [9.17, 15) is 18.0 Å². The van der Waals surface area contributed by atoms with Crippen molar-refractivity contribution in [1.82, 2.24) is 10.2 Å². The summed E-state index contributed by atoms with van der Waals surface area (Å²) in [4.78, 5) is 28.2. The lowest BCUT2D eigenvalue weighted by molar-refractivity contribution is -0.139. The first-order valence-electron chi connectivity index (χ1n) is 12.4. The monoisotopic (exact) mass is 599 g/mol. The smallest absolute Gasteiger partial charge is 0.264 e. The molecule has 38 heavy (non-hydrogen) atoms. The SMILES string of the molecule is CCNC(=O)[C@H](C)N(Cc1cccc(Br)c1)C(=O)CN(c1ccc(C)c(C)c1)S(=O)(=O)c1ccc(C)cc1. The minimum atomic E-state index is -4.09. The molecule has 9 heteroatoms. The number of rotatable bonds is 10. The molecule has 0 saturated carbocycles. The quantitative estimate of drug-likeness (QED) is 0.350. The van der Waals surface area contributed by atoms with Crippen LogP contribution < -0.4 is 9.62 Å². The highest BCUT2D eigenvalue weighted by Crippen LogP contribution is 2.27. The van der Waals surface area contributed by atoms with E-state index >= 15 is 0 Å². The van der Waals surface area contributed by atoms with Gasteiger partial charge in [-0.1, -0.05) is 51.8 Å². The van der Waals surface area contributed by atoms with Gasteiger partial charge in [-0.25, -0.2) is 8.42 Å². The number of halogens is 1. The van der Waals surface area contributed by atoms with Crippen molar-refractivity contribution in [3.8, 4) is 0 Å². The molecule has 0 aromatic heterocycles. The Labute approximate surface area is 234 Å². The fraction of sp³-hybridized carbons (Fsp3) is 0.310. The van der Waals surface area contributed by atoms with Crippen LogP contribution in [-0.4, -0.2) is 44.3 Å². The highest BCUT2D eigenvalue weighted by molar-refractivity contribution is 9.10. The van der Waals surface area contributed by atoms with E-state index in [1.807, 2.05) is 51.1 Å². The van der Waals surface area contributed by atoms with Gasteiger partial charge in [-0.2, -0.15) is 0 Å². The highest BCUT2D eigenvalue weighted by Gasteiger charge is 2.32. The van der Waals surface area contributed by atoms with E-state index in [1.165, 1.54) is 4.90 Å². The Kier molecular flexibility index (Phi) is 9.73. The first-order chi connectivity index (χ1) is 17.9. The molecule has 0 aliphatic heterocycles. The fourth-order valence-corrected chi connectivity index (χ4v) is 5.84. The third-order valence-electron chi connectivity index (χ3n) is 6.43. The van der Waals surface area contributed by atoms with Crippen molar-refractivity contribution >= 4 is 43.5 Å². The third-order valence-corrected chi connectivity index (χ3v) is 8.71. The number of carbonyl (C=O) groups is 2. The number of amides is 2.